The van der Waals surface area contributed by atoms with Crippen LogP contribution in [-0.2, 0) is 0 Å². The fourth-order valence-electron chi connectivity index (χ4n) is 2.16. The quantitative estimate of drug-likeness (QED) is 0.885. The van der Waals surface area contributed by atoms with Crippen LogP contribution in [0.1, 0.15) is 18.0 Å². The van der Waals surface area contributed by atoms with E-state index in [1.165, 1.54) is 0 Å². The van der Waals surface area contributed by atoms with Crippen LogP contribution in [0.2, 0.25) is 5.02 Å². The average Bonchev–Trinajstić information content (AvgIpc) is 2.42. The molecular weight excluding hydrogens is 260 g/mol. The molecule has 0 aliphatic carbocycles. The molecule has 104 valence electrons. The van der Waals surface area contributed by atoms with Gasteiger partial charge >= 0.3 is 0 Å². The predicted molar refractivity (Wildman–Crippen MR) is 80.8 cm³/mol. The third-order valence-electron chi connectivity index (χ3n) is 3.25. The lowest BCUT2D eigenvalue weighted by Gasteiger charge is -2.27. The standard InChI is InChI=1S/C14H21ClN4/c1-19(2)13(11-6-3-4-7-12(11)15)10-18-14-16-8-5-9-17-14/h3-4,6-7,13H,5,8-10H2,1-2H3,(H2,16,17,18). The number of aliphatic imine (C=N–C) groups is 1. The lowest BCUT2D eigenvalue weighted by molar-refractivity contribution is 0.298. The highest BCUT2D eigenvalue weighted by molar-refractivity contribution is 6.31. The van der Waals surface area contributed by atoms with Gasteiger partial charge in [-0.3, -0.25) is 4.99 Å². The first-order chi connectivity index (χ1) is 9.18. The summed E-state index contributed by atoms with van der Waals surface area (Å²) in [6, 6.07) is 8.21. The zero-order valence-corrected chi connectivity index (χ0v) is 12.2. The third-order valence-corrected chi connectivity index (χ3v) is 3.59. The maximum Gasteiger partial charge on any atom is 0.191 e. The normalized spacial score (nSPS) is 16.7. The summed E-state index contributed by atoms with van der Waals surface area (Å²) in [6.07, 6.45) is 1.10. The van der Waals surface area contributed by atoms with Gasteiger partial charge in [-0.25, -0.2) is 0 Å². The molecular formula is C14H21ClN4. The lowest BCUT2D eigenvalue weighted by Crippen LogP contribution is -2.44. The molecule has 0 spiro atoms. The Balaban J connectivity index is 2.04. The molecule has 0 bridgehead atoms. The van der Waals surface area contributed by atoms with Gasteiger partial charge in [0, 0.05) is 24.7 Å². The fourth-order valence-corrected chi connectivity index (χ4v) is 2.42. The molecule has 5 heteroatoms. The Morgan fingerprint density at radius 3 is 2.84 bits per heavy atom. The molecule has 2 rings (SSSR count). The molecule has 1 aromatic rings. The molecule has 0 saturated heterocycles. The molecule has 4 nitrogen and oxygen atoms in total. The van der Waals surface area contributed by atoms with Gasteiger partial charge < -0.3 is 15.5 Å². The van der Waals surface area contributed by atoms with Crippen LogP contribution >= 0.6 is 11.6 Å². The first-order valence-electron chi connectivity index (χ1n) is 6.61. The van der Waals surface area contributed by atoms with E-state index in [1.54, 1.807) is 0 Å². The van der Waals surface area contributed by atoms with E-state index in [0.717, 1.165) is 42.6 Å². The average molecular weight is 281 g/mol. The Morgan fingerprint density at radius 1 is 1.42 bits per heavy atom. The third kappa shape index (κ3) is 3.85. The summed E-state index contributed by atoms with van der Waals surface area (Å²) in [7, 11) is 4.12. The van der Waals surface area contributed by atoms with Crippen LogP contribution < -0.4 is 10.6 Å². The van der Waals surface area contributed by atoms with Crippen molar-refractivity contribution in [2.24, 2.45) is 4.99 Å². The number of likely N-dealkylation sites (N-methyl/N-ethyl adjacent to an activating group) is 1. The summed E-state index contributed by atoms with van der Waals surface area (Å²) in [5, 5.41) is 7.44. The van der Waals surface area contributed by atoms with Crippen LogP contribution in [0.4, 0.5) is 0 Å². The summed E-state index contributed by atoms with van der Waals surface area (Å²) >= 11 is 6.28. The summed E-state index contributed by atoms with van der Waals surface area (Å²) in [5.74, 6) is 0.894. The molecule has 0 fully saturated rings. The number of guanidine groups is 1. The lowest BCUT2D eigenvalue weighted by atomic mass is 10.1. The highest BCUT2D eigenvalue weighted by Gasteiger charge is 2.17. The van der Waals surface area contributed by atoms with Crippen molar-refractivity contribution in [1.82, 2.24) is 15.5 Å². The van der Waals surface area contributed by atoms with Crippen molar-refractivity contribution in [2.75, 3.05) is 33.7 Å². The molecule has 0 aromatic heterocycles. The molecule has 1 unspecified atom stereocenters. The van der Waals surface area contributed by atoms with E-state index in [9.17, 15) is 0 Å². The highest BCUT2D eigenvalue weighted by atomic mass is 35.5. The van der Waals surface area contributed by atoms with E-state index in [-0.39, 0.29) is 6.04 Å². The van der Waals surface area contributed by atoms with E-state index < -0.39 is 0 Å². The Labute approximate surface area is 119 Å². The Bertz CT molecular complexity index is 445. The minimum atomic E-state index is 0.222. The van der Waals surface area contributed by atoms with Gasteiger partial charge in [-0.15, -0.1) is 0 Å². The van der Waals surface area contributed by atoms with Crippen molar-refractivity contribution >= 4 is 17.6 Å². The highest BCUT2D eigenvalue weighted by Crippen LogP contribution is 2.25. The smallest absolute Gasteiger partial charge is 0.191 e. The van der Waals surface area contributed by atoms with Crippen LogP contribution in [0, 0.1) is 0 Å². The Morgan fingerprint density at radius 2 is 2.21 bits per heavy atom. The van der Waals surface area contributed by atoms with Gasteiger partial charge in [0.1, 0.15) is 0 Å². The van der Waals surface area contributed by atoms with E-state index in [0.29, 0.717) is 0 Å². The molecule has 19 heavy (non-hydrogen) atoms. The molecule has 1 heterocycles. The van der Waals surface area contributed by atoms with Crippen LogP contribution in [0.25, 0.3) is 0 Å². The van der Waals surface area contributed by atoms with Crippen LogP contribution in [-0.4, -0.2) is 44.6 Å². The first-order valence-corrected chi connectivity index (χ1v) is 6.99. The number of nitrogens with zero attached hydrogens (tertiary/aromatic N) is 2. The monoisotopic (exact) mass is 280 g/mol. The van der Waals surface area contributed by atoms with Crippen molar-refractivity contribution in [1.29, 1.82) is 0 Å². The number of benzene rings is 1. The van der Waals surface area contributed by atoms with Gasteiger partial charge in [-0.2, -0.15) is 0 Å². The molecule has 1 aromatic carbocycles. The Kier molecular flexibility index (Phi) is 5.05. The predicted octanol–water partition coefficient (Wildman–Crippen LogP) is 1.88. The molecule has 1 aliphatic heterocycles. The minimum Gasteiger partial charge on any atom is -0.356 e. The van der Waals surface area contributed by atoms with E-state index in [4.69, 9.17) is 11.6 Å². The number of hydrogen-bond acceptors (Lipinski definition) is 4. The maximum atomic E-state index is 6.28. The molecule has 0 amide bonds. The zero-order chi connectivity index (χ0) is 13.7. The van der Waals surface area contributed by atoms with Gasteiger partial charge in [0.15, 0.2) is 5.96 Å². The zero-order valence-electron chi connectivity index (χ0n) is 11.5. The fraction of sp³-hybridized carbons (Fsp3) is 0.500. The van der Waals surface area contributed by atoms with Crippen LogP contribution in [0.5, 0.6) is 0 Å². The maximum absolute atomic E-state index is 6.28. The first kappa shape index (κ1) is 14.2. The van der Waals surface area contributed by atoms with Crippen LogP contribution in [0.15, 0.2) is 29.3 Å². The number of halogens is 1. The Hall–Kier alpha value is -1.26. The second kappa shape index (κ2) is 6.78. The summed E-state index contributed by atoms with van der Waals surface area (Å²) in [4.78, 5) is 6.58. The molecule has 1 aliphatic rings. The van der Waals surface area contributed by atoms with E-state index in [2.05, 4.69) is 40.7 Å². The van der Waals surface area contributed by atoms with E-state index in [1.807, 2.05) is 18.2 Å². The van der Waals surface area contributed by atoms with Gasteiger partial charge in [-0.1, -0.05) is 29.8 Å². The van der Waals surface area contributed by atoms with Crippen LogP contribution in [0.3, 0.4) is 0 Å². The SMILES string of the molecule is CN(C)C(CNC1=NCCCN1)c1ccccc1Cl. The minimum absolute atomic E-state index is 0.222. The van der Waals surface area contributed by atoms with Gasteiger partial charge in [0.25, 0.3) is 0 Å². The van der Waals surface area contributed by atoms with Crippen molar-refractivity contribution in [3.8, 4) is 0 Å². The van der Waals surface area contributed by atoms with Gasteiger partial charge in [0.2, 0.25) is 0 Å². The topological polar surface area (TPSA) is 39.7 Å². The van der Waals surface area contributed by atoms with Crippen molar-refractivity contribution in [3.63, 3.8) is 0 Å². The summed E-state index contributed by atoms with van der Waals surface area (Å²) in [5.41, 5.74) is 1.14. The second-order valence-electron chi connectivity index (χ2n) is 4.89. The number of hydrogen-bond donors (Lipinski definition) is 2. The number of nitrogens with one attached hydrogen (secondary N) is 2. The van der Waals surface area contributed by atoms with Crippen molar-refractivity contribution in [2.45, 2.75) is 12.5 Å². The van der Waals surface area contributed by atoms with Gasteiger partial charge in [-0.05, 0) is 32.1 Å². The molecule has 0 radical (unpaired) electrons. The van der Waals surface area contributed by atoms with Crippen molar-refractivity contribution in [3.05, 3.63) is 34.9 Å². The van der Waals surface area contributed by atoms with Crippen molar-refractivity contribution < 1.29 is 0 Å². The van der Waals surface area contributed by atoms with E-state index >= 15 is 0 Å². The molecule has 0 saturated carbocycles. The summed E-state index contributed by atoms with van der Waals surface area (Å²) in [6.45, 7) is 2.67. The number of rotatable bonds is 4. The molecule has 1 atom stereocenters. The van der Waals surface area contributed by atoms with Gasteiger partial charge in [0.05, 0.1) is 6.04 Å². The summed E-state index contributed by atoms with van der Waals surface area (Å²) < 4.78 is 0. The molecule has 2 N–H and O–H groups in total. The largest absolute Gasteiger partial charge is 0.356 e. The second-order valence-corrected chi connectivity index (χ2v) is 5.30.